The SMILES string of the molecule is Cn1cnnc1SCC(=O)N1CCCn2nc(C(O)C3CC3)cc2C1. The van der Waals surface area contributed by atoms with Crippen molar-refractivity contribution in [2.45, 2.75) is 43.6 Å². The van der Waals surface area contributed by atoms with Crippen LogP contribution in [0.1, 0.15) is 36.8 Å². The van der Waals surface area contributed by atoms with Crippen LogP contribution in [0.5, 0.6) is 0 Å². The number of aromatic nitrogens is 5. The molecule has 2 aromatic rings. The van der Waals surface area contributed by atoms with Gasteiger partial charge in [0.15, 0.2) is 5.16 Å². The fraction of sp³-hybridized carbons (Fsp3) is 0.625. The molecular weight excluding hydrogens is 340 g/mol. The number of aryl methyl sites for hydroxylation is 2. The Balaban J connectivity index is 1.41. The molecule has 1 atom stereocenters. The number of aliphatic hydroxyl groups excluding tert-OH is 1. The van der Waals surface area contributed by atoms with Gasteiger partial charge < -0.3 is 14.6 Å². The first-order chi connectivity index (χ1) is 12.1. The van der Waals surface area contributed by atoms with E-state index in [0.29, 0.717) is 18.2 Å². The van der Waals surface area contributed by atoms with E-state index in [2.05, 4.69) is 15.3 Å². The van der Waals surface area contributed by atoms with Gasteiger partial charge in [-0.2, -0.15) is 5.10 Å². The Morgan fingerprint density at radius 2 is 2.28 bits per heavy atom. The summed E-state index contributed by atoms with van der Waals surface area (Å²) in [6.07, 6.45) is 4.19. The van der Waals surface area contributed by atoms with Crippen molar-refractivity contribution in [2.24, 2.45) is 13.0 Å². The lowest BCUT2D eigenvalue weighted by Crippen LogP contribution is -2.32. The quantitative estimate of drug-likeness (QED) is 0.798. The summed E-state index contributed by atoms with van der Waals surface area (Å²) in [5.41, 5.74) is 1.75. The van der Waals surface area contributed by atoms with Gasteiger partial charge in [-0.15, -0.1) is 10.2 Å². The minimum absolute atomic E-state index is 0.0898. The smallest absolute Gasteiger partial charge is 0.233 e. The van der Waals surface area contributed by atoms with E-state index in [1.807, 2.05) is 22.7 Å². The molecule has 1 aliphatic carbocycles. The molecule has 1 amide bonds. The molecule has 134 valence electrons. The van der Waals surface area contributed by atoms with Gasteiger partial charge in [0, 0.05) is 20.1 Å². The Morgan fingerprint density at radius 3 is 3.00 bits per heavy atom. The van der Waals surface area contributed by atoms with E-state index in [0.717, 1.165) is 48.9 Å². The van der Waals surface area contributed by atoms with Gasteiger partial charge in [0.25, 0.3) is 0 Å². The zero-order chi connectivity index (χ0) is 17.4. The number of rotatable bonds is 5. The van der Waals surface area contributed by atoms with Crippen LogP contribution >= 0.6 is 11.8 Å². The van der Waals surface area contributed by atoms with Crippen molar-refractivity contribution >= 4 is 17.7 Å². The standard InChI is InChI=1S/C16H22N6O2S/c1-20-10-17-18-16(20)25-9-14(23)21-5-2-6-22-12(8-21)7-13(19-22)15(24)11-3-4-11/h7,10-11,15,24H,2-6,8-9H2,1H3. The number of hydrogen-bond donors (Lipinski definition) is 1. The molecule has 1 N–H and O–H groups in total. The molecule has 2 aromatic heterocycles. The number of carbonyl (C=O) groups is 1. The van der Waals surface area contributed by atoms with Crippen LogP contribution in [0, 0.1) is 5.92 Å². The number of hydrogen-bond acceptors (Lipinski definition) is 6. The molecule has 0 spiro atoms. The van der Waals surface area contributed by atoms with Crippen LogP contribution in [0.4, 0.5) is 0 Å². The molecule has 25 heavy (non-hydrogen) atoms. The van der Waals surface area contributed by atoms with E-state index in [1.165, 1.54) is 11.8 Å². The highest BCUT2D eigenvalue weighted by Gasteiger charge is 2.33. The van der Waals surface area contributed by atoms with Gasteiger partial charge in [-0.3, -0.25) is 9.48 Å². The molecule has 1 fully saturated rings. The molecular formula is C16H22N6O2S. The first kappa shape index (κ1) is 16.6. The summed E-state index contributed by atoms with van der Waals surface area (Å²) in [7, 11) is 1.87. The van der Waals surface area contributed by atoms with E-state index in [1.54, 1.807) is 10.9 Å². The van der Waals surface area contributed by atoms with E-state index < -0.39 is 6.10 Å². The van der Waals surface area contributed by atoms with E-state index in [4.69, 9.17) is 0 Å². The maximum atomic E-state index is 12.6. The van der Waals surface area contributed by atoms with Crippen LogP contribution in [0.2, 0.25) is 0 Å². The minimum Gasteiger partial charge on any atom is -0.386 e. The molecule has 0 radical (unpaired) electrons. The third kappa shape index (κ3) is 3.57. The highest BCUT2D eigenvalue weighted by Crippen LogP contribution is 2.40. The third-order valence-electron chi connectivity index (χ3n) is 4.75. The zero-order valence-electron chi connectivity index (χ0n) is 14.2. The van der Waals surface area contributed by atoms with Gasteiger partial charge in [0.1, 0.15) is 12.4 Å². The normalized spacial score (nSPS) is 18.7. The van der Waals surface area contributed by atoms with Crippen LogP contribution < -0.4 is 0 Å². The molecule has 4 rings (SSSR count). The molecule has 9 heteroatoms. The lowest BCUT2D eigenvalue weighted by molar-refractivity contribution is -0.128. The Bertz CT molecular complexity index is 769. The molecule has 1 saturated carbocycles. The van der Waals surface area contributed by atoms with Gasteiger partial charge in [0.2, 0.25) is 5.91 Å². The topological polar surface area (TPSA) is 89.1 Å². The fourth-order valence-electron chi connectivity index (χ4n) is 3.12. The van der Waals surface area contributed by atoms with Crippen molar-refractivity contribution in [3.63, 3.8) is 0 Å². The summed E-state index contributed by atoms with van der Waals surface area (Å²) in [5, 5.41) is 23.4. The second-order valence-corrected chi connectivity index (χ2v) is 7.69. The van der Waals surface area contributed by atoms with Gasteiger partial charge in [-0.25, -0.2) is 0 Å². The highest BCUT2D eigenvalue weighted by molar-refractivity contribution is 7.99. The molecule has 8 nitrogen and oxygen atoms in total. The second kappa shape index (κ2) is 6.80. The lowest BCUT2D eigenvalue weighted by Gasteiger charge is -2.19. The first-order valence-corrected chi connectivity index (χ1v) is 9.59. The summed E-state index contributed by atoms with van der Waals surface area (Å²) in [5.74, 6) is 0.796. The van der Waals surface area contributed by atoms with Crippen molar-refractivity contribution in [1.29, 1.82) is 0 Å². The molecule has 1 aliphatic heterocycles. The summed E-state index contributed by atoms with van der Waals surface area (Å²) in [6.45, 7) is 2.05. The van der Waals surface area contributed by atoms with Gasteiger partial charge in [-0.1, -0.05) is 11.8 Å². The van der Waals surface area contributed by atoms with Gasteiger partial charge in [-0.05, 0) is 31.2 Å². The van der Waals surface area contributed by atoms with Crippen molar-refractivity contribution in [3.8, 4) is 0 Å². The predicted octanol–water partition coefficient (Wildman–Crippen LogP) is 0.980. The van der Waals surface area contributed by atoms with Gasteiger partial charge in [0.05, 0.1) is 23.7 Å². The summed E-state index contributed by atoms with van der Waals surface area (Å²) >= 11 is 1.40. The summed E-state index contributed by atoms with van der Waals surface area (Å²) in [4.78, 5) is 14.5. The van der Waals surface area contributed by atoms with Crippen molar-refractivity contribution in [3.05, 3.63) is 23.8 Å². The number of thioether (sulfide) groups is 1. The van der Waals surface area contributed by atoms with Crippen LogP contribution in [0.3, 0.4) is 0 Å². The number of fused-ring (bicyclic) bond motifs is 1. The van der Waals surface area contributed by atoms with E-state index in [-0.39, 0.29) is 5.91 Å². The minimum atomic E-state index is -0.463. The number of nitrogens with zero attached hydrogens (tertiary/aromatic N) is 6. The molecule has 2 aliphatic rings. The number of aliphatic hydroxyl groups is 1. The van der Waals surface area contributed by atoms with Crippen molar-refractivity contribution in [2.75, 3.05) is 12.3 Å². The second-order valence-electron chi connectivity index (χ2n) is 6.75. The average molecular weight is 362 g/mol. The summed E-state index contributed by atoms with van der Waals surface area (Å²) < 4.78 is 3.75. The Hall–Kier alpha value is -1.87. The molecule has 1 unspecified atom stereocenters. The third-order valence-corrected chi connectivity index (χ3v) is 5.77. The zero-order valence-corrected chi connectivity index (χ0v) is 15.0. The Kier molecular flexibility index (Phi) is 4.51. The van der Waals surface area contributed by atoms with Crippen molar-refractivity contribution < 1.29 is 9.90 Å². The Morgan fingerprint density at radius 1 is 1.44 bits per heavy atom. The molecule has 0 bridgehead atoms. The largest absolute Gasteiger partial charge is 0.386 e. The molecule has 3 heterocycles. The lowest BCUT2D eigenvalue weighted by atomic mass is 10.1. The molecule has 0 saturated heterocycles. The van der Waals surface area contributed by atoms with Gasteiger partial charge >= 0.3 is 0 Å². The fourth-order valence-corrected chi connectivity index (χ4v) is 3.91. The van der Waals surface area contributed by atoms with Crippen molar-refractivity contribution in [1.82, 2.24) is 29.4 Å². The van der Waals surface area contributed by atoms with E-state index >= 15 is 0 Å². The molecule has 0 aromatic carbocycles. The predicted molar refractivity (Wildman–Crippen MR) is 91.7 cm³/mol. The Labute approximate surface area is 150 Å². The van der Waals surface area contributed by atoms with Crippen LogP contribution in [-0.2, 0) is 24.9 Å². The van der Waals surface area contributed by atoms with Crippen LogP contribution in [0.25, 0.3) is 0 Å². The number of carbonyl (C=O) groups excluding carboxylic acids is 1. The number of amides is 1. The van der Waals surface area contributed by atoms with Crippen LogP contribution in [-0.4, -0.2) is 52.8 Å². The maximum absolute atomic E-state index is 12.6. The van der Waals surface area contributed by atoms with Crippen LogP contribution in [0.15, 0.2) is 17.6 Å². The average Bonchev–Trinajstić information content (AvgIpc) is 3.31. The maximum Gasteiger partial charge on any atom is 0.233 e. The highest BCUT2D eigenvalue weighted by atomic mass is 32.2. The van der Waals surface area contributed by atoms with E-state index in [9.17, 15) is 9.90 Å². The monoisotopic (exact) mass is 362 g/mol. The summed E-state index contributed by atoms with van der Waals surface area (Å²) in [6, 6.07) is 1.96. The first-order valence-electron chi connectivity index (χ1n) is 8.61.